The molecule has 2 heterocycles. The first kappa shape index (κ1) is 14.0. The lowest BCUT2D eigenvalue weighted by atomic mass is 10.2. The van der Waals surface area contributed by atoms with Crippen LogP contribution >= 0.6 is 27.3 Å². The number of hydrogen-bond donors (Lipinski definition) is 1. The summed E-state index contributed by atoms with van der Waals surface area (Å²) in [5.41, 5.74) is 3.87. The van der Waals surface area contributed by atoms with Gasteiger partial charge in [0.05, 0.1) is 3.79 Å². The maximum absolute atomic E-state index is 4.27. The fraction of sp³-hybridized carbons (Fsp3) is 0.400. The summed E-state index contributed by atoms with van der Waals surface area (Å²) < 4.78 is 1.19. The number of thiophene rings is 1. The Morgan fingerprint density at radius 3 is 3.05 bits per heavy atom. The van der Waals surface area contributed by atoms with E-state index in [-0.39, 0.29) is 0 Å². The highest BCUT2D eigenvalue weighted by atomic mass is 79.9. The minimum atomic E-state index is 0.723. The van der Waals surface area contributed by atoms with Gasteiger partial charge < -0.3 is 10.2 Å². The Labute approximate surface area is 132 Å². The molecule has 2 aromatic heterocycles. The number of rotatable bonds is 6. The summed E-state index contributed by atoms with van der Waals surface area (Å²) in [6.07, 6.45) is 6.48. The van der Waals surface area contributed by atoms with Crippen molar-refractivity contribution in [1.82, 2.24) is 10.3 Å². The standard InChI is InChI=1S/C15H18BrN3S/c1-19(9-11-6-15(16)20-10-11)14-4-5-17-7-12(14)8-18-13-2-3-13/h4-7,10,13,18H,2-3,8-9H2,1H3. The first-order chi connectivity index (χ1) is 9.72. The predicted octanol–water partition coefficient (Wildman–Crippen LogP) is 3.79. The maximum Gasteiger partial charge on any atom is 0.0701 e. The highest BCUT2D eigenvalue weighted by Gasteiger charge is 2.20. The molecule has 2 aromatic rings. The van der Waals surface area contributed by atoms with Crippen molar-refractivity contribution in [3.8, 4) is 0 Å². The van der Waals surface area contributed by atoms with Crippen LogP contribution < -0.4 is 10.2 Å². The van der Waals surface area contributed by atoms with E-state index in [1.54, 1.807) is 11.3 Å². The van der Waals surface area contributed by atoms with E-state index in [9.17, 15) is 0 Å². The number of pyridine rings is 1. The minimum Gasteiger partial charge on any atom is -0.370 e. The molecule has 0 atom stereocenters. The van der Waals surface area contributed by atoms with E-state index in [4.69, 9.17) is 0 Å². The van der Waals surface area contributed by atoms with Crippen molar-refractivity contribution in [3.05, 3.63) is 44.8 Å². The zero-order chi connectivity index (χ0) is 13.9. The summed E-state index contributed by atoms with van der Waals surface area (Å²) in [6.45, 7) is 1.83. The highest BCUT2D eigenvalue weighted by Crippen LogP contribution is 2.26. The van der Waals surface area contributed by atoms with Gasteiger partial charge >= 0.3 is 0 Å². The normalized spacial score (nSPS) is 14.5. The van der Waals surface area contributed by atoms with E-state index < -0.39 is 0 Å². The first-order valence-corrected chi connectivity index (χ1v) is 8.50. The first-order valence-electron chi connectivity index (χ1n) is 6.82. The highest BCUT2D eigenvalue weighted by molar-refractivity contribution is 9.11. The molecule has 1 aliphatic carbocycles. The largest absolute Gasteiger partial charge is 0.370 e. The summed E-state index contributed by atoms with van der Waals surface area (Å²) >= 11 is 5.25. The van der Waals surface area contributed by atoms with Crippen LogP contribution in [0.15, 0.2) is 33.7 Å². The Kier molecular flexibility index (Phi) is 4.38. The molecule has 0 unspecified atom stereocenters. The predicted molar refractivity (Wildman–Crippen MR) is 88.2 cm³/mol. The van der Waals surface area contributed by atoms with Gasteiger partial charge in [-0.15, -0.1) is 11.3 Å². The van der Waals surface area contributed by atoms with Gasteiger partial charge in [0.1, 0.15) is 0 Å². The van der Waals surface area contributed by atoms with Crippen LogP contribution in [0.2, 0.25) is 0 Å². The van der Waals surface area contributed by atoms with Crippen LogP contribution in [0, 0.1) is 0 Å². The van der Waals surface area contributed by atoms with Crippen LogP contribution in [0.4, 0.5) is 5.69 Å². The Morgan fingerprint density at radius 1 is 1.50 bits per heavy atom. The molecule has 0 saturated heterocycles. The molecular formula is C15H18BrN3S. The van der Waals surface area contributed by atoms with Gasteiger partial charge in [-0.25, -0.2) is 0 Å². The van der Waals surface area contributed by atoms with Crippen LogP contribution in [0.25, 0.3) is 0 Å². The van der Waals surface area contributed by atoms with Gasteiger partial charge in [0, 0.05) is 49.8 Å². The molecule has 0 aliphatic heterocycles. The zero-order valence-electron chi connectivity index (χ0n) is 11.5. The van der Waals surface area contributed by atoms with Gasteiger partial charge in [-0.3, -0.25) is 4.98 Å². The van der Waals surface area contributed by atoms with Crippen molar-refractivity contribution in [2.75, 3.05) is 11.9 Å². The van der Waals surface area contributed by atoms with Gasteiger partial charge in [-0.2, -0.15) is 0 Å². The minimum absolute atomic E-state index is 0.723. The molecule has 1 saturated carbocycles. The van der Waals surface area contributed by atoms with E-state index in [0.717, 1.165) is 19.1 Å². The van der Waals surface area contributed by atoms with Crippen molar-refractivity contribution in [2.24, 2.45) is 0 Å². The third-order valence-corrected chi connectivity index (χ3v) is 5.04. The van der Waals surface area contributed by atoms with E-state index >= 15 is 0 Å². The van der Waals surface area contributed by atoms with Gasteiger partial charge in [0.15, 0.2) is 0 Å². The number of halogens is 1. The molecule has 0 aromatic carbocycles. The molecule has 1 N–H and O–H groups in total. The lowest BCUT2D eigenvalue weighted by Crippen LogP contribution is -2.21. The van der Waals surface area contributed by atoms with Gasteiger partial charge in [0.25, 0.3) is 0 Å². The number of aromatic nitrogens is 1. The molecule has 106 valence electrons. The van der Waals surface area contributed by atoms with Gasteiger partial charge in [-0.1, -0.05) is 0 Å². The fourth-order valence-corrected chi connectivity index (χ4v) is 3.46. The van der Waals surface area contributed by atoms with E-state index in [0.29, 0.717) is 0 Å². The van der Waals surface area contributed by atoms with Crippen LogP contribution in [-0.2, 0) is 13.1 Å². The van der Waals surface area contributed by atoms with Crippen molar-refractivity contribution in [3.63, 3.8) is 0 Å². The second kappa shape index (κ2) is 6.24. The average Bonchev–Trinajstić information content (AvgIpc) is 3.19. The van der Waals surface area contributed by atoms with Crippen LogP contribution in [0.3, 0.4) is 0 Å². The van der Waals surface area contributed by atoms with Gasteiger partial charge in [0.2, 0.25) is 0 Å². The summed E-state index contributed by atoms with van der Waals surface area (Å²) in [7, 11) is 2.14. The molecule has 0 amide bonds. The third kappa shape index (κ3) is 3.59. The molecule has 1 aliphatic rings. The van der Waals surface area contributed by atoms with E-state index in [1.165, 1.54) is 33.4 Å². The molecular weight excluding hydrogens is 334 g/mol. The summed E-state index contributed by atoms with van der Waals surface area (Å²) in [5.74, 6) is 0. The SMILES string of the molecule is CN(Cc1csc(Br)c1)c1ccncc1CNC1CC1. The molecule has 3 nitrogen and oxygen atoms in total. The molecule has 0 radical (unpaired) electrons. The summed E-state index contributed by atoms with van der Waals surface area (Å²) in [4.78, 5) is 6.56. The molecule has 5 heteroatoms. The Hall–Kier alpha value is -0.910. The lowest BCUT2D eigenvalue weighted by molar-refractivity contribution is 0.683. The van der Waals surface area contributed by atoms with Crippen molar-refractivity contribution in [2.45, 2.75) is 32.0 Å². The van der Waals surface area contributed by atoms with Crippen LogP contribution in [-0.4, -0.2) is 18.1 Å². The third-order valence-electron chi connectivity index (χ3n) is 3.49. The van der Waals surface area contributed by atoms with E-state index in [2.05, 4.69) is 55.7 Å². The average molecular weight is 352 g/mol. The second-order valence-corrected chi connectivity index (χ2v) is 7.57. The monoisotopic (exact) mass is 351 g/mol. The maximum atomic E-state index is 4.27. The van der Waals surface area contributed by atoms with Crippen LogP contribution in [0.1, 0.15) is 24.0 Å². The zero-order valence-corrected chi connectivity index (χ0v) is 13.9. The second-order valence-electron chi connectivity index (χ2n) is 5.27. The number of hydrogen-bond acceptors (Lipinski definition) is 4. The molecule has 0 bridgehead atoms. The summed E-state index contributed by atoms with van der Waals surface area (Å²) in [5, 5.41) is 5.76. The number of anilines is 1. The number of nitrogens with one attached hydrogen (secondary N) is 1. The van der Waals surface area contributed by atoms with Crippen molar-refractivity contribution < 1.29 is 0 Å². The topological polar surface area (TPSA) is 28.2 Å². The van der Waals surface area contributed by atoms with Crippen molar-refractivity contribution >= 4 is 33.0 Å². The molecule has 3 rings (SSSR count). The number of nitrogens with zero attached hydrogens (tertiary/aromatic N) is 2. The smallest absolute Gasteiger partial charge is 0.0701 e. The molecule has 20 heavy (non-hydrogen) atoms. The summed E-state index contributed by atoms with van der Waals surface area (Å²) in [6, 6.07) is 5.01. The Balaban J connectivity index is 1.70. The van der Waals surface area contributed by atoms with Gasteiger partial charge in [-0.05, 0) is 51.8 Å². The quantitative estimate of drug-likeness (QED) is 0.857. The van der Waals surface area contributed by atoms with Crippen molar-refractivity contribution in [1.29, 1.82) is 0 Å². The lowest BCUT2D eigenvalue weighted by Gasteiger charge is -2.22. The fourth-order valence-electron chi connectivity index (χ4n) is 2.26. The molecule has 0 spiro atoms. The van der Waals surface area contributed by atoms with E-state index in [1.807, 2.05) is 12.4 Å². The Bertz CT molecular complexity index is 580. The molecule has 1 fully saturated rings. The van der Waals surface area contributed by atoms with Crippen LogP contribution in [0.5, 0.6) is 0 Å². The Morgan fingerprint density at radius 2 is 2.35 bits per heavy atom.